The van der Waals surface area contributed by atoms with Gasteiger partial charge in [0, 0.05) is 38.6 Å². The highest BCUT2D eigenvalue weighted by Crippen LogP contribution is 2.28. The minimum atomic E-state index is -0.0900. The fraction of sp³-hybridized carbons (Fsp3) is 0.533. The Morgan fingerprint density at radius 2 is 1.82 bits per heavy atom. The van der Waals surface area contributed by atoms with E-state index < -0.39 is 0 Å². The molecule has 5 nitrogen and oxygen atoms in total. The van der Waals surface area contributed by atoms with Gasteiger partial charge in [0.2, 0.25) is 5.91 Å². The van der Waals surface area contributed by atoms with Crippen LogP contribution in [-0.2, 0) is 4.79 Å². The van der Waals surface area contributed by atoms with Crippen molar-refractivity contribution in [2.45, 2.75) is 6.92 Å². The molecule has 22 heavy (non-hydrogen) atoms. The summed E-state index contributed by atoms with van der Waals surface area (Å²) in [4.78, 5) is 16.3. The second kappa shape index (κ2) is 9.77. The van der Waals surface area contributed by atoms with Gasteiger partial charge >= 0.3 is 0 Å². The smallest absolute Gasteiger partial charge is 0.226 e. The molecule has 1 amide bonds. The van der Waals surface area contributed by atoms with Gasteiger partial charge in [0.05, 0.1) is 12.8 Å². The molecule has 1 aromatic rings. The van der Waals surface area contributed by atoms with E-state index in [-0.39, 0.29) is 36.6 Å². The maximum Gasteiger partial charge on any atom is 0.226 e. The number of carbonyl (C=O) groups is 1. The van der Waals surface area contributed by atoms with Crippen molar-refractivity contribution in [3.05, 3.63) is 24.3 Å². The van der Waals surface area contributed by atoms with Crippen molar-refractivity contribution in [3.63, 3.8) is 0 Å². The molecule has 0 saturated carbocycles. The van der Waals surface area contributed by atoms with Gasteiger partial charge in [-0.1, -0.05) is 19.1 Å². The van der Waals surface area contributed by atoms with Crippen molar-refractivity contribution in [2.24, 2.45) is 11.7 Å². The van der Waals surface area contributed by atoms with Crippen molar-refractivity contribution in [1.29, 1.82) is 0 Å². The third-order valence-electron chi connectivity index (χ3n) is 3.79. The number of halogens is 2. The minimum absolute atomic E-state index is 0. The Bertz CT molecular complexity index is 466. The highest BCUT2D eigenvalue weighted by molar-refractivity contribution is 5.85. The Kier molecular flexibility index (Phi) is 9.25. The first kappa shape index (κ1) is 20.8. The lowest BCUT2D eigenvalue weighted by atomic mass is 10.1. The third-order valence-corrected chi connectivity index (χ3v) is 3.79. The average Bonchev–Trinajstić information content (AvgIpc) is 2.53. The summed E-state index contributed by atoms with van der Waals surface area (Å²) >= 11 is 0. The molecular formula is C15H25Cl2N3O2. The van der Waals surface area contributed by atoms with Gasteiger partial charge in [-0.05, 0) is 12.1 Å². The number of benzene rings is 1. The number of ether oxygens (including phenoxy) is 1. The van der Waals surface area contributed by atoms with E-state index in [9.17, 15) is 4.79 Å². The molecular weight excluding hydrogens is 325 g/mol. The molecule has 2 N–H and O–H groups in total. The summed E-state index contributed by atoms with van der Waals surface area (Å²) in [7, 11) is 1.68. The number of anilines is 1. The first-order chi connectivity index (χ1) is 9.67. The van der Waals surface area contributed by atoms with Crippen LogP contribution in [0.5, 0.6) is 5.75 Å². The lowest BCUT2D eigenvalue weighted by Crippen LogP contribution is -2.51. The molecule has 1 heterocycles. The molecule has 0 bridgehead atoms. The predicted molar refractivity (Wildman–Crippen MR) is 94.5 cm³/mol. The molecule has 0 radical (unpaired) electrons. The van der Waals surface area contributed by atoms with Gasteiger partial charge in [-0.15, -0.1) is 24.8 Å². The minimum Gasteiger partial charge on any atom is -0.495 e. The molecule has 1 aliphatic heterocycles. The zero-order valence-corrected chi connectivity index (χ0v) is 14.7. The molecule has 1 aliphatic rings. The molecule has 1 aromatic carbocycles. The zero-order valence-electron chi connectivity index (χ0n) is 13.0. The Morgan fingerprint density at radius 1 is 1.23 bits per heavy atom. The van der Waals surface area contributed by atoms with Crippen LogP contribution in [0.2, 0.25) is 0 Å². The summed E-state index contributed by atoms with van der Waals surface area (Å²) < 4.78 is 5.39. The molecule has 0 aliphatic carbocycles. The maximum absolute atomic E-state index is 12.1. The van der Waals surface area contributed by atoms with E-state index in [0.717, 1.165) is 37.6 Å². The maximum atomic E-state index is 12.1. The molecule has 1 saturated heterocycles. The van der Waals surface area contributed by atoms with Gasteiger partial charge < -0.3 is 20.3 Å². The van der Waals surface area contributed by atoms with E-state index >= 15 is 0 Å². The molecule has 1 atom stereocenters. The van der Waals surface area contributed by atoms with Crippen LogP contribution in [0, 0.1) is 5.92 Å². The number of nitrogens with two attached hydrogens (primary N) is 1. The Hall–Kier alpha value is -1.17. The summed E-state index contributed by atoms with van der Waals surface area (Å²) in [6, 6.07) is 7.99. The number of para-hydroxylation sites is 2. The van der Waals surface area contributed by atoms with Crippen LogP contribution >= 0.6 is 24.8 Å². The number of rotatable bonds is 4. The molecule has 0 aromatic heterocycles. The van der Waals surface area contributed by atoms with Gasteiger partial charge in [0.25, 0.3) is 0 Å². The normalized spacial score (nSPS) is 15.4. The van der Waals surface area contributed by atoms with Gasteiger partial charge in [-0.25, -0.2) is 0 Å². The second-order valence-corrected chi connectivity index (χ2v) is 5.12. The van der Waals surface area contributed by atoms with Crippen LogP contribution in [0.3, 0.4) is 0 Å². The van der Waals surface area contributed by atoms with E-state index in [4.69, 9.17) is 10.5 Å². The Labute approximate surface area is 144 Å². The first-order valence-corrected chi connectivity index (χ1v) is 7.04. The SMILES string of the molecule is COc1ccccc1N1CCN(C(=O)C(C)CN)CC1.Cl.Cl. The number of nitrogens with zero attached hydrogens (tertiary/aromatic N) is 2. The monoisotopic (exact) mass is 349 g/mol. The number of amides is 1. The fourth-order valence-electron chi connectivity index (χ4n) is 2.47. The summed E-state index contributed by atoms with van der Waals surface area (Å²) in [6.45, 7) is 5.41. The number of piperazine rings is 1. The summed E-state index contributed by atoms with van der Waals surface area (Å²) in [6.07, 6.45) is 0. The largest absolute Gasteiger partial charge is 0.495 e. The number of hydrogen-bond acceptors (Lipinski definition) is 4. The molecule has 2 rings (SSSR count). The van der Waals surface area contributed by atoms with Crippen LogP contribution in [0.4, 0.5) is 5.69 Å². The van der Waals surface area contributed by atoms with Crippen molar-refractivity contribution in [3.8, 4) is 5.75 Å². The molecule has 126 valence electrons. The van der Waals surface area contributed by atoms with Crippen molar-refractivity contribution in [2.75, 3.05) is 44.7 Å². The molecule has 0 spiro atoms. The van der Waals surface area contributed by atoms with Crippen LogP contribution in [0.25, 0.3) is 0 Å². The Balaban J connectivity index is 0.00000220. The first-order valence-electron chi connectivity index (χ1n) is 7.04. The third kappa shape index (κ3) is 4.66. The van der Waals surface area contributed by atoms with Gasteiger partial charge in [-0.2, -0.15) is 0 Å². The molecule has 1 fully saturated rings. The topological polar surface area (TPSA) is 58.8 Å². The summed E-state index contributed by atoms with van der Waals surface area (Å²) in [5.74, 6) is 0.947. The van der Waals surface area contributed by atoms with E-state index in [1.165, 1.54) is 0 Å². The van der Waals surface area contributed by atoms with Crippen LogP contribution in [-0.4, -0.2) is 50.6 Å². The van der Waals surface area contributed by atoms with Gasteiger partial charge in [0.15, 0.2) is 0 Å². The van der Waals surface area contributed by atoms with E-state index in [1.807, 2.05) is 30.0 Å². The van der Waals surface area contributed by atoms with Crippen molar-refractivity contribution in [1.82, 2.24) is 4.90 Å². The highest BCUT2D eigenvalue weighted by atomic mass is 35.5. The van der Waals surface area contributed by atoms with E-state index in [1.54, 1.807) is 7.11 Å². The number of methoxy groups -OCH3 is 1. The second-order valence-electron chi connectivity index (χ2n) is 5.12. The van der Waals surface area contributed by atoms with Crippen LogP contribution in [0.1, 0.15) is 6.92 Å². The summed E-state index contributed by atoms with van der Waals surface area (Å²) in [5, 5.41) is 0. The zero-order chi connectivity index (χ0) is 14.5. The lowest BCUT2D eigenvalue weighted by molar-refractivity contribution is -0.134. The fourth-order valence-corrected chi connectivity index (χ4v) is 2.47. The van der Waals surface area contributed by atoms with Gasteiger partial charge in [0.1, 0.15) is 5.75 Å². The van der Waals surface area contributed by atoms with E-state index in [0.29, 0.717) is 6.54 Å². The van der Waals surface area contributed by atoms with Crippen molar-refractivity contribution >= 4 is 36.4 Å². The Morgan fingerprint density at radius 3 is 2.36 bits per heavy atom. The number of carbonyl (C=O) groups excluding carboxylic acids is 1. The lowest BCUT2D eigenvalue weighted by Gasteiger charge is -2.37. The van der Waals surface area contributed by atoms with E-state index in [2.05, 4.69) is 11.0 Å². The summed E-state index contributed by atoms with van der Waals surface area (Å²) in [5.41, 5.74) is 6.65. The molecule has 7 heteroatoms. The molecule has 1 unspecified atom stereocenters. The van der Waals surface area contributed by atoms with Crippen molar-refractivity contribution < 1.29 is 9.53 Å². The average molecular weight is 350 g/mol. The van der Waals surface area contributed by atoms with Crippen LogP contribution < -0.4 is 15.4 Å². The standard InChI is InChI=1S/C15H23N3O2.2ClH/c1-12(11-16)15(19)18-9-7-17(8-10-18)13-5-3-4-6-14(13)20-2;;/h3-6,12H,7-11,16H2,1-2H3;2*1H. The number of hydrogen-bond donors (Lipinski definition) is 1. The van der Waals surface area contributed by atoms with Gasteiger partial charge in [-0.3, -0.25) is 4.79 Å². The quantitative estimate of drug-likeness (QED) is 0.899. The predicted octanol–water partition coefficient (Wildman–Crippen LogP) is 1.78. The van der Waals surface area contributed by atoms with Crippen LogP contribution in [0.15, 0.2) is 24.3 Å². The highest BCUT2D eigenvalue weighted by Gasteiger charge is 2.25.